The zero-order valence-electron chi connectivity index (χ0n) is 11.8. The number of para-hydroxylation sites is 1. The minimum Gasteiger partial charge on any atom is -0.491 e. The predicted molar refractivity (Wildman–Crippen MR) is 74.7 cm³/mol. The highest BCUT2D eigenvalue weighted by Crippen LogP contribution is 2.11. The molecule has 102 valence electrons. The standard InChI is InChI=1S/C15H26NO2/c1-4-16(5-2,6-3)12-14(17)13-18-15-10-8-7-9-11-15/h7-11,14,17H,4-6,12-13H2,1-3H3/q+1. The first-order valence-electron chi connectivity index (χ1n) is 6.86. The Labute approximate surface area is 111 Å². The molecule has 0 aromatic heterocycles. The molecule has 0 amide bonds. The molecular formula is C15H26NO2+. The summed E-state index contributed by atoms with van der Waals surface area (Å²) >= 11 is 0. The fourth-order valence-electron chi connectivity index (χ4n) is 2.27. The van der Waals surface area contributed by atoms with Crippen LogP contribution in [0.4, 0.5) is 0 Å². The maximum Gasteiger partial charge on any atom is 0.137 e. The van der Waals surface area contributed by atoms with E-state index in [0.717, 1.165) is 36.4 Å². The number of nitrogens with zero attached hydrogens (tertiary/aromatic N) is 1. The Morgan fingerprint density at radius 1 is 1.06 bits per heavy atom. The van der Waals surface area contributed by atoms with Gasteiger partial charge in [0.2, 0.25) is 0 Å². The van der Waals surface area contributed by atoms with E-state index in [-0.39, 0.29) is 0 Å². The number of likely N-dealkylation sites (N-methyl/N-ethyl adjacent to an activating group) is 1. The average molecular weight is 252 g/mol. The van der Waals surface area contributed by atoms with Gasteiger partial charge in [-0.3, -0.25) is 0 Å². The van der Waals surface area contributed by atoms with Gasteiger partial charge in [-0.25, -0.2) is 0 Å². The number of ether oxygens (including phenoxy) is 1. The summed E-state index contributed by atoms with van der Waals surface area (Å²) in [4.78, 5) is 0. The third-order valence-electron chi connectivity index (χ3n) is 3.80. The van der Waals surface area contributed by atoms with Gasteiger partial charge in [0.05, 0.1) is 19.6 Å². The highest BCUT2D eigenvalue weighted by atomic mass is 16.5. The molecule has 0 radical (unpaired) electrons. The molecule has 0 aliphatic carbocycles. The molecule has 0 heterocycles. The molecule has 1 atom stereocenters. The minimum atomic E-state index is -0.412. The molecule has 1 N–H and O–H groups in total. The second-order valence-electron chi connectivity index (χ2n) is 4.75. The van der Waals surface area contributed by atoms with Crippen molar-refractivity contribution in [1.82, 2.24) is 0 Å². The number of hydrogen-bond acceptors (Lipinski definition) is 2. The zero-order valence-corrected chi connectivity index (χ0v) is 11.8. The summed E-state index contributed by atoms with van der Waals surface area (Å²) in [6.07, 6.45) is -0.412. The van der Waals surface area contributed by atoms with E-state index in [1.165, 1.54) is 0 Å². The Morgan fingerprint density at radius 3 is 2.11 bits per heavy atom. The average Bonchev–Trinajstić information content (AvgIpc) is 2.44. The van der Waals surface area contributed by atoms with E-state index in [1.54, 1.807) is 0 Å². The highest BCUT2D eigenvalue weighted by molar-refractivity contribution is 5.20. The van der Waals surface area contributed by atoms with Gasteiger partial charge in [0.1, 0.15) is 25.0 Å². The second kappa shape index (κ2) is 7.39. The summed E-state index contributed by atoms with van der Waals surface area (Å²) in [6, 6.07) is 9.65. The summed E-state index contributed by atoms with van der Waals surface area (Å²) in [7, 11) is 0. The summed E-state index contributed by atoms with van der Waals surface area (Å²) in [5, 5.41) is 10.1. The third-order valence-corrected chi connectivity index (χ3v) is 3.80. The van der Waals surface area contributed by atoms with E-state index in [0.29, 0.717) is 6.61 Å². The molecule has 18 heavy (non-hydrogen) atoms. The van der Waals surface area contributed by atoms with E-state index >= 15 is 0 Å². The molecule has 0 saturated heterocycles. The fraction of sp³-hybridized carbons (Fsp3) is 0.600. The van der Waals surface area contributed by atoms with Crippen molar-refractivity contribution < 1.29 is 14.3 Å². The van der Waals surface area contributed by atoms with Crippen LogP contribution >= 0.6 is 0 Å². The van der Waals surface area contributed by atoms with Crippen molar-refractivity contribution in [2.45, 2.75) is 26.9 Å². The van der Waals surface area contributed by atoms with Crippen LogP contribution in [0.2, 0.25) is 0 Å². The topological polar surface area (TPSA) is 29.5 Å². The van der Waals surface area contributed by atoms with Gasteiger partial charge in [-0.05, 0) is 32.9 Å². The van der Waals surface area contributed by atoms with Crippen LogP contribution in [0.25, 0.3) is 0 Å². The number of aliphatic hydroxyl groups is 1. The molecule has 0 fully saturated rings. The molecule has 0 spiro atoms. The highest BCUT2D eigenvalue weighted by Gasteiger charge is 2.25. The van der Waals surface area contributed by atoms with E-state index < -0.39 is 6.10 Å². The summed E-state index contributed by atoms with van der Waals surface area (Å²) in [6.45, 7) is 10.8. The van der Waals surface area contributed by atoms with Gasteiger partial charge >= 0.3 is 0 Å². The van der Waals surface area contributed by atoms with Crippen LogP contribution in [0.5, 0.6) is 5.75 Å². The molecular weight excluding hydrogens is 226 g/mol. The minimum absolute atomic E-state index is 0.365. The second-order valence-corrected chi connectivity index (χ2v) is 4.75. The Hall–Kier alpha value is -1.06. The lowest BCUT2D eigenvalue weighted by molar-refractivity contribution is -0.926. The normalized spacial score (nSPS) is 13.3. The van der Waals surface area contributed by atoms with Gasteiger partial charge in [0, 0.05) is 0 Å². The lowest BCUT2D eigenvalue weighted by Crippen LogP contribution is -2.52. The van der Waals surface area contributed by atoms with Gasteiger partial charge in [-0.2, -0.15) is 0 Å². The Kier molecular flexibility index (Phi) is 6.16. The zero-order chi connectivity index (χ0) is 13.4. The van der Waals surface area contributed by atoms with E-state index in [4.69, 9.17) is 4.74 Å². The van der Waals surface area contributed by atoms with Crippen molar-refractivity contribution in [3.8, 4) is 5.75 Å². The quantitative estimate of drug-likeness (QED) is 0.719. The SMILES string of the molecule is CC[N+](CC)(CC)CC(O)COc1ccccc1. The summed E-state index contributed by atoms with van der Waals surface area (Å²) < 4.78 is 6.53. The van der Waals surface area contributed by atoms with Gasteiger partial charge in [-0.1, -0.05) is 18.2 Å². The maximum absolute atomic E-state index is 10.1. The van der Waals surface area contributed by atoms with Crippen LogP contribution in [-0.2, 0) is 0 Å². The Bertz CT molecular complexity index is 314. The van der Waals surface area contributed by atoms with Crippen molar-refractivity contribution in [1.29, 1.82) is 0 Å². The number of hydrogen-bond donors (Lipinski definition) is 1. The van der Waals surface area contributed by atoms with Crippen LogP contribution in [-0.4, -0.2) is 48.5 Å². The molecule has 0 aliphatic heterocycles. The summed E-state index contributed by atoms with van der Waals surface area (Å²) in [5.41, 5.74) is 0. The van der Waals surface area contributed by atoms with Gasteiger partial charge in [-0.15, -0.1) is 0 Å². The largest absolute Gasteiger partial charge is 0.491 e. The number of quaternary nitrogens is 1. The van der Waals surface area contributed by atoms with Gasteiger partial charge < -0.3 is 14.3 Å². The molecule has 0 saturated carbocycles. The predicted octanol–water partition coefficient (Wildman–Crippen LogP) is 2.30. The van der Waals surface area contributed by atoms with E-state index in [2.05, 4.69) is 20.8 Å². The molecule has 1 aromatic rings. The van der Waals surface area contributed by atoms with Crippen molar-refractivity contribution in [2.75, 3.05) is 32.8 Å². The molecule has 1 unspecified atom stereocenters. The van der Waals surface area contributed by atoms with Crippen LogP contribution in [0.15, 0.2) is 30.3 Å². The van der Waals surface area contributed by atoms with Crippen LogP contribution in [0.3, 0.4) is 0 Å². The van der Waals surface area contributed by atoms with Gasteiger partial charge in [0.15, 0.2) is 0 Å². The van der Waals surface area contributed by atoms with Crippen LogP contribution < -0.4 is 4.74 Å². The molecule has 3 heteroatoms. The lowest BCUT2D eigenvalue weighted by Gasteiger charge is -2.37. The fourth-order valence-corrected chi connectivity index (χ4v) is 2.27. The van der Waals surface area contributed by atoms with E-state index in [9.17, 15) is 5.11 Å². The number of rotatable bonds is 8. The molecule has 0 bridgehead atoms. The smallest absolute Gasteiger partial charge is 0.137 e. The third kappa shape index (κ3) is 4.31. The van der Waals surface area contributed by atoms with Crippen molar-refractivity contribution >= 4 is 0 Å². The van der Waals surface area contributed by atoms with Gasteiger partial charge in [0.25, 0.3) is 0 Å². The number of benzene rings is 1. The first kappa shape index (κ1) is 15.0. The van der Waals surface area contributed by atoms with Crippen molar-refractivity contribution in [3.63, 3.8) is 0 Å². The molecule has 1 aromatic carbocycles. The first-order chi connectivity index (χ1) is 8.65. The summed E-state index contributed by atoms with van der Waals surface area (Å²) in [5.74, 6) is 0.819. The van der Waals surface area contributed by atoms with Crippen molar-refractivity contribution in [3.05, 3.63) is 30.3 Å². The van der Waals surface area contributed by atoms with Crippen molar-refractivity contribution in [2.24, 2.45) is 0 Å². The Morgan fingerprint density at radius 2 is 1.61 bits per heavy atom. The molecule has 1 rings (SSSR count). The molecule has 3 nitrogen and oxygen atoms in total. The van der Waals surface area contributed by atoms with E-state index in [1.807, 2.05) is 30.3 Å². The van der Waals surface area contributed by atoms with Crippen LogP contribution in [0.1, 0.15) is 20.8 Å². The monoisotopic (exact) mass is 252 g/mol. The molecule has 0 aliphatic rings. The first-order valence-corrected chi connectivity index (χ1v) is 6.86. The Balaban J connectivity index is 2.43. The maximum atomic E-state index is 10.1. The number of aliphatic hydroxyl groups excluding tert-OH is 1. The lowest BCUT2D eigenvalue weighted by atomic mass is 10.2. The van der Waals surface area contributed by atoms with Crippen LogP contribution in [0, 0.1) is 0 Å².